The van der Waals surface area contributed by atoms with Crippen LogP contribution in [0.4, 0.5) is 4.39 Å². The van der Waals surface area contributed by atoms with Crippen molar-refractivity contribution in [2.45, 2.75) is 19.4 Å². The van der Waals surface area contributed by atoms with Crippen molar-refractivity contribution < 1.29 is 9.18 Å². The summed E-state index contributed by atoms with van der Waals surface area (Å²) >= 11 is 5.46. The molecule has 5 heteroatoms. The molecule has 1 aliphatic carbocycles. The van der Waals surface area contributed by atoms with Crippen LogP contribution in [0.15, 0.2) is 60.7 Å². The quantitative estimate of drug-likeness (QED) is 0.614. The van der Waals surface area contributed by atoms with E-state index in [-0.39, 0.29) is 11.7 Å². The summed E-state index contributed by atoms with van der Waals surface area (Å²) < 4.78 is 12.9. The number of rotatable bonds is 6. The largest absolute Gasteiger partial charge is 0.344 e. The standard InChI is InChI=1S/C21H21FN2OS/c22-19-11-8-16(9-12-19)10-13-20(25)23-21(26)24(15-18-6-7-18)14-17-4-2-1-3-5-17/h1-5,8-13,18H,6-7,14-15H2,(H,23,25,26). The molecule has 1 amide bonds. The maximum absolute atomic E-state index is 12.9. The van der Waals surface area contributed by atoms with Gasteiger partial charge in [0.1, 0.15) is 5.82 Å². The lowest BCUT2D eigenvalue weighted by Gasteiger charge is -2.25. The Kier molecular flexibility index (Phi) is 6.12. The first kappa shape index (κ1) is 18.3. The van der Waals surface area contributed by atoms with Crippen molar-refractivity contribution in [2.75, 3.05) is 6.54 Å². The molecule has 1 aliphatic rings. The summed E-state index contributed by atoms with van der Waals surface area (Å²) in [5.74, 6) is 0.0703. The number of nitrogens with zero attached hydrogens (tertiary/aromatic N) is 1. The van der Waals surface area contributed by atoms with Crippen LogP contribution in [0.5, 0.6) is 0 Å². The number of hydrogen-bond donors (Lipinski definition) is 1. The van der Waals surface area contributed by atoms with Crippen LogP contribution < -0.4 is 5.32 Å². The van der Waals surface area contributed by atoms with Crippen molar-refractivity contribution in [2.24, 2.45) is 5.92 Å². The Balaban J connectivity index is 1.59. The smallest absolute Gasteiger partial charge is 0.250 e. The summed E-state index contributed by atoms with van der Waals surface area (Å²) in [6.45, 7) is 1.54. The fourth-order valence-corrected chi connectivity index (χ4v) is 2.85. The number of carbonyl (C=O) groups is 1. The van der Waals surface area contributed by atoms with E-state index < -0.39 is 0 Å². The van der Waals surface area contributed by atoms with E-state index in [1.807, 2.05) is 23.1 Å². The predicted molar refractivity (Wildman–Crippen MR) is 106 cm³/mol. The van der Waals surface area contributed by atoms with Crippen LogP contribution in [0.2, 0.25) is 0 Å². The fourth-order valence-electron chi connectivity index (χ4n) is 2.61. The fraction of sp³-hybridized carbons (Fsp3) is 0.238. The third-order valence-corrected chi connectivity index (χ3v) is 4.57. The normalized spacial score (nSPS) is 13.6. The first-order valence-electron chi connectivity index (χ1n) is 8.67. The van der Waals surface area contributed by atoms with E-state index >= 15 is 0 Å². The highest BCUT2D eigenvalue weighted by Gasteiger charge is 2.25. The van der Waals surface area contributed by atoms with Gasteiger partial charge >= 0.3 is 0 Å². The van der Waals surface area contributed by atoms with Gasteiger partial charge in [-0.05, 0) is 60.3 Å². The van der Waals surface area contributed by atoms with Gasteiger partial charge in [0.05, 0.1) is 0 Å². The van der Waals surface area contributed by atoms with Gasteiger partial charge in [0.2, 0.25) is 5.91 Å². The van der Waals surface area contributed by atoms with Crippen molar-refractivity contribution in [3.05, 3.63) is 77.6 Å². The lowest BCUT2D eigenvalue weighted by Crippen LogP contribution is -2.42. The average molecular weight is 368 g/mol. The molecule has 0 spiro atoms. The number of carbonyl (C=O) groups excluding carboxylic acids is 1. The van der Waals surface area contributed by atoms with E-state index in [4.69, 9.17) is 12.2 Å². The van der Waals surface area contributed by atoms with E-state index in [1.165, 1.54) is 31.1 Å². The zero-order valence-corrected chi connectivity index (χ0v) is 15.2. The van der Waals surface area contributed by atoms with Gasteiger partial charge in [-0.1, -0.05) is 42.5 Å². The van der Waals surface area contributed by atoms with Gasteiger partial charge in [0.25, 0.3) is 0 Å². The number of thiocarbonyl (C=S) groups is 1. The van der Waals surface area contributed by atoms with Gasteiger partial charge in [-0.2, -0.15) is 0 Å². The number of hydrogen-bond acceptors (Lipinski definition) is 2. The molecule has 3 rings (SSSR count). The van der Waals surface area contributed by atoms with Gasteiger partial charge < -0.3 is 4.90 Å². The summed E-state index contributed by atoms with van der Waals surface area (Å²) in [6.07, 6.45) is 5.48. The van der Waals surface area contributed by atoms with Crippen LogP contribution in [-0.2, 0) is 11.3 Å². The van der Waals surface area contributed by atoms with Gasteiger partial charge in [0, 0.05) is 19.2 Å². The molecule has 26 heavy (non-hydrogen) atoms. The zero-order chi connectivity index (χ0) is 18.4. The summed E-state index contributed by atoms with van der Waals surface area (Å²) in [6, 6.07) is 16.0. The maximum Gasteiger partial charge on any atom is 0.250 e. The molecule has 0 atom stereocenters. The van der Waals surface area contributed by atoms with Crippen molar-refractivity contribution in [3.63, 3.8) is 0 Å². The van der Waals surface area contributed by atoms with Crippen LogP contribution in [-0.4, -0.2) is 22.5 Å². The molecule has 3 nitrogen and oxygen atoms in total. The van der Waals surface area contributed by atoms with E-state index in [1.54, 1.807) is 18.2 Å². The van der Waals surface area contributed by atoms with E-state index in [2.05, 4.69) is 17.4 Å². The number of halogens is 1. The van der Waals surface area contributed by atoms with Crippen molar-refractivity contribution >= 4 is 29.3 Å². The number of nitrogens with one attached hydrogen (secondary N) is 1. The Morgan fingerprint density at radius 2 is 1.85 bits per heavy atom. The Labute approximate surface area is 158 Å². The number of amides is 1. The third kappa shape index (κ3) is 5.77. The Bertz CT molecular complexity index is 785. The number of benzene rings is 2. The molecule has 0 heterocycles. The highest BCUT2D eigenvalue weighted by atomic mass is 32.1. The van der Waals surface area contributed by atoms with Gasteiger partial charge in [0.15, 0.2) is 5.11 Å². The Morgan fingerprint density at radius 3 is 2.50 bits per heavy atom. The maximum atomic E-state index is 12.9. The Morgan fingerprint density at radius 1 is 1.15 bits per heavy atom. The molecule has 2 aromatic rings. The van der Waals surface area contributed by atoms with Crippen molar-refractivity contribution in [3.8, 4) is 0 Å². The molecule has 1 saturated carbocycles. The lowest BCUT2D eigenvalue weighted by atomic mass is 10.2. The minimum Gasteiger partial charge on any atom is -0.344 e. The van der Waals surface area contributed by atoms with Crippen LogP contribution in [0.25, 0.3) is 6.08 Å². The lowest BCUT2D eigenvalue weighted by molar-refractivity contribution is -0.115. The summed E-state index contributed by atoms with van der Waals surface area (Å²) in [7, 11) is 0. The molecule has 0 bridgehead atoms. The first-order valence-corrected chi connectivity index (χ1v) is 9.08. The molecule has 0 unspecified atom stereocenters. The minimum absolute atomic E-state index is 0.284. The molecule has 0 aliphatic heterocycles. The summed E-state index contributed by atoms with van der Waals surface area (Å²) in [5.41, 5.74) is 1.91. The summed E-state index contributed by atoms with van der Waals surface area (Å²) in [4.78, 5) is 14.2. The molecule has 0 radical (unpaired) electrons. The molecule has 2 aromatic carbocycles. The highest BCUT2D eigenvalue weighted by Crippen LogP contribution is 2.30. The van der Waals surface area contributed by atoms with Crippen LogP contribution in [0.3, 0.4) is 0 Å². The van der Waals surface area contributed by atoms with Crippen LogP contribution in [0.1, 0.15) is 24.0 Å². The molecule has 0 aromatic heterocycles. The van der Waals surface area contributed by atoms with Gasteiger partial charge in [-0.15, -0.1) is 0 Å². The van der Waals surface area contributed by atoms with Gasteiger partial charge in [-0.25, -0.2) is 4.39 Å². The topological polar surface area (TPSA) is 32.3 Å². The van der Waals surface area contributed by atoms with Crippen LogP contribution >= 0.6 is 12.2 Å². The first-order chi connectivity index (χ1) is 12.6. The molecular weight excluding hydrogens is 347 g/mol. The minimum atomic E-state index is -0.301. The van der Waals surface area contributed by atoms with Crippen molar-refractivity contribution in [1.29, 1.82) is 0 Å². The highest BCUT2D eigenvalue weighted by molar-refractivity contribution is 7.80. The second-order valence-electron chi connectivity index (χ2n) is 6.49. The monoisotopic (exact) mass is 368 g/mol. The van der Waals surface area contributed by atoms with E-state index in [0.29, 0.717) is 17.6 Å². The van der Waals surface area contributed by atoms with E-state index in [9.17, 15) is 9.18 Å². The second-order valence-corrected chi connectivity index (χ2v) is 6.88. The van der Waals surface area contributed by atoms with Crippen LogP contribution in [0, 0.1) is 11.7 Å². The average Bonchev–Trinajstić information content (AvgIpc) is 3.46. The zero-order valence-electron chi connectivity index (χ0n) is 14.4. The van der Waals surface area contributed by atoms with Crippen molar-refractivity contribution in [1.82, 2.24) is 10.2 Å². The van der Waals surface area contributed by atoms with E-state index in [0.717, 1.165) is 17.7 Å². The van der Waals surface area contributed by atoms with Gasteiger partial charge in [-0.3, -0.25) is 10.1 Å². The molecule has 1 fully saturated rings. The third-order valence-electron chi connectivity index (χ3n) is 4.21. The Hall–Kier alpha value is -2.53. The molecule has 134 valence electrons. The predicted octanol–water partition coefficient (Wildman–Crippen LogP) is 4.15. The molecular formula is C21H21FN2OS. The molecule has 1 N–H and O–H groups in total. The second kappa shape index (κ2) is 8.72. The molecule has 0 saturated heterocycles. The summed E-state index contributed by atoms with van der Waals surface area (Å²) in [5, 5.41) is 3.21. The SMILES string of the molecule is O=C(C=Cc1ccc(F)cc1)NC(=S)N(Cc1ccccc1)CC1CC1.